The van der Waals surface area contributed by atoms with Crippen LogP contribution in [-0.4, -0.2) is 16.5 Å². The summed E-state index contributed by atoms with van der Waals surface area (Å²) >= 11 is 3.41. The van der Waals surface area contributed by atoms with Gasteiger partial charge in [-0.3, -0.25) is 0 Å². The third kappa shape index (κ3) is 3.17. The Kier molecular flexibility index (Phi) is 4.49. The zero-order valence-electron chi connectivity index (χ0n) is 10.1. The normalized spacial score (nSPS) is 12.6. The van der Waals surface area contributed by atoms with E-state index in [4.69, 9.17) is 0 Å². The van der Waals surface area contributed by atoms with Crippen LogP contribution in [0.4, 0.5) is 4.39 Å². The molecule has 1 aromatic heterocycles. The van der Waals surface area contributed by atoms with Crippen molar-refractivity contribution in [2.75, 3.05) is 6.54 Å². The number of likely N-dealkylation sites (N-methyl/N-ethyl adjacent to an activating group) is 1. The molecule has 0 aliphatic heterocycles. The average Bonchev–Trinajstić information content (AvgIpc) is 2.81. The van der Waals surface area contributed by atoms with E-state index in [1.807, 2.05) is 6.92 Å². The minimum atomic E-state index is -0.237. The Morgan fingerprint density at radius 2 is 2.33 bits per heavy atom. The molecule has 2 aromatic rings. The molecule has 0 saturated heterocycles. The third-order valence-electron chi connectivity index (χ3n) is 2.74. The summed E-state index contributed by atoms with van der Waals surface area (Å²) in [6, 6.07) is 4.88. The topological polar surface area (TPSA) is 40.7 Å². The molecule has 1 unspecified atom stereocenters. The minimum Gasteiger partial charge on any atom is -0.349 e. The number of nitrogens with one attached hydrogen (secondary N) is 2. The lowest BCUT2D eigenvalue weighted by Gasteiger charge is -2.18. The molecule has 18 heavy (non-hydrogen) atoms. The van der Waals surface area contributed by atoms with Crippen molar-refractivity contribution in [2.24, 2.45) is 0 Å². The number of aromatic amines is 1. The largest absolute Gasteiger partial charge is 0.349 e. The van der Waals surface area contributed by atoms with Crippen LogP contribution in [0.5, 0.6) is 0 Å². The Morgan fingerprint density at radius 3 is 2.94 bits per heavy atom. The molecule has 1 atom stereocenters. The summed E-state index contributed by atoms with van der Waals surface area (Å²) in [7, 11) is 0. The SMILES string of the molecule is CCNC(Cc1ncc[nH]1)c1ccc(F)cc1Br. The Balaban J connectivity index is 2.23. The van der Waals surface area contributed by atoms with Crippen LogP contribution in [0, 0.1) is 5.82 Å². The second-order valence-electron chi connectivity index (χ2n) is 4.02. The van der Waals surface area contributed by atoms with Gasteiger partial charge in [0.1, 0.15) is 11.6 Å². The minimum absolute atomic E-state index is 0.108. The second-order valence-corrected chi connectivity index (χ2v) is 4.87. The Hall–Kier alpha value is -1.20. The summed E-state index contributed by atoms with van der Waals surface area (Å²) in [6.07, 6.45) is 4.28. The summed E-state index contributed by atoms with van der Waals surface area (Å²) in [6.45, 7) is 2.89. The lowest BCUT2D eigenvalue weighted by Crippen LogP contribution is -2.23. The van der Waals surface area contributed by atoms with Gasteiger partial charge in [0.2, 0.25) is 0 Å². The number of imidazole rings is 1. The number of benzene rings is 1. The van der Waals surface area contributed by atoms with Crippen LogP contribution in [0.25, 0.3) is 0 Å². The fourth-order valence-corrected chi connectivity index (χ4v) is 2.55. The van der Waals surface area contributed by atoms with Crippen molar-refractivity contribution < 1.29 is 4.39 Å². The maximum absolute atomic E-state index is 13.1. The Morgan fingerprint density at radius 1 is 1.50 bits per heavy atom. The average molecular weight is 312 g/mol. The number of H-pyrrole nitrogens is 1. The molecule has 1 aromatic carbocycles. The van der Waals surface area contributed by atoms with Crippen molar-refractivity contribution in [1.29, 1.82) is 0 Å². The Bertz CT molecular complexity index is 499. The van der Waals surface area contributed by atoms with E-state index in [2.05, 4.69) is 31.2 Å². The van der Waals surface area contributed by atoms with Gasteiger partial charge in [0.25, 0.3) is 0 Å². The van der Waals surface area contributed by atoms with E-state index < -0.39 is 0 Å². The maximum atomic E-state index is 13.1. The number of rotatable bonds is 5. The van der Waals surface area contributed by atoms with Gasteiger partial charge in [0.05, 0.1) is 0 Å². The molecular formula is C13H15BrFN3. The summed E-state index contributed by atoms with van der Waals surface area (Å²) in [5.74, 6) is 0.677. The van der Waals surface area contributed by atoms with Crippen molar-refractivity contribution in [3.05, 3.63) is 52.3 Å². The van der Waals surface area contributed by atoms with Crippen LogP contribution in [-0.2, 0) is 6.42 Å². The van der Waals surface area contributed by atoms with E-state index in [0.29, 0.717) is 0 Å². The quantitative estimate of drug-likeness (QED) is 0.890. The van der Waals surface area contributed by atoms with Gasteiger partial charge >= 0.3 is 0 Å². The third-order valence-corrected chi connectivity index (χ3v) is 3.43. The van der Waals surface area contributed by atoms with Crippen molar-refractivity contribution in [1.82, 2.24) is 15.3 Å². The zero-order valence-corrected chi connectivity index (χ0v) is 11.7. The van der Waals surface area contributed by atoms with Crippen molar-refractivity contribution in [3.8, 4) is 0 Å². The highest BCUT2D eigenvalue weighted by Gasteiger charge is 2.15. The highest BCUT2D eigenvalue weighted by molar-refractivity contribution is 9.10. The molecule has 0 aliphatic carbocycles. The molecule has 0 fully saturated rings. The van der Waals surface area contributed by atoms with Gasteiger partial charge < -0.3 is 10.3 Å². The first kappa shape index (κ1) is 13.2. The van der Waals surface area contributed by atoms with E-state index in [-0.39, 0.29) is 11.9 Å². The molecule has 0 amide bonds. The molecule has 0 bridgehead atoms. The highest BCUT2D eigenvalue weighted by atomic mass is 79.9. The number of nitrogens with zero attached hydrogens (tertiary/aromatic N) is 1. The van der Waals surface area contributed by atoms with Gasteiger partial charge in [0, 0.05) is 29.3 Å². The zero-order chi connectivity index (χ0) is 13.0. The van der Waals surface area contributed by atoms with E-state index in [1.54, 1.807) is 18.5 Å². The molecule has 0 aliphatic rings. The standard InChI is InChI=1S/C13H15BrFN3/c1-2-16-12(8-13-17-5-6-18-13)10-4-3-9(15)7-11(10)14/h3-7,12,16H,2,8H2,1H3,(H,17,18). The lowest BCUT2D eigenvalue weighted by molar-refractivity contribution is 0.535. The molecule has 0 spiro atoms. The lowest BCUT2D eigenvalue weighted by atomic mass is 10.0. The first-order chi connectivity index (χ1) is 8.70. The fraction of sp³-hybridized carbons (Fsp3) is 0.308. The molecule has 2 N–H and O–H groups in total. The van der Waals surface area contributed by atoms with E-state index in [9.17, 15) is 4.39 Å². The number of aromatic nitrogens is 2. The maximum Gasteiger partial charge on any atom is 0.124 e. The summed E-state index contributed by atoms with van der Waals surface area (Å²) in [4.78, 5) is 7.31. The molecular weight excluding hydrogens is 297 g/mol. The van der Waals surface area contributed by atoms with Crippen LogP contribution in [0.2, 0.25) is 0 Å². The molecule has 96 valence electrons. The highest BCUT2D eigenvalue weighted by Crippen LogP contribution is 2.26. The van der Waals surface area contributed by atoms with Gasteiger partial charge in [-0.05, 0) is 24.2 Å². The number of halogens is 2. The fourth-order valence-electron chi connectivity index (χ4n) is 1.93. The molecule has 2 rings (SSSR count). The van der Waals surface area contributed by atoms with Crippen LogP contribution in [0.3, 0.4) is 0 Å². The summed E-state index contributed by atoms with van der Waals surface area (Å²) in [5.41, 5.74) is 1.04. The molecule has 5 heteroatoms. The monoisotopic (exact) mass is 311 g/mol. The first-order valence-corrected chi connectivity index (χ1v) is 6.66. The van der Waals surface area contributed by atoms with E-state index in [0.717, 1.165) is 28.8 Å². The summed E-state index contributed by atoms with van der Waals surface area (Å²) in [5, 5.41) is 3.39. The molecule has 1 heterocycles. The Labute approximate surface area is 114 Å². The van der Waals surface area contributed by atoms with Crippen molar-refractivity contribution >= 4 is 15.9 Å². The number of hydrogen-bond donors (Lipinski definition) is 2. The van der Waals surface area contributed by atoms with Crippen LogP contribution in [0.1, 0.15) is 24.4 Å². The van der Waals surface area contributed by atoms with Gasteiger partial charge in [-0.25, -0.2) is 9.37 Å². The van der Waals surface area contributed by atoms with Gasteiger partial charge in [0.15, 0.2) is 0 Å². The van der Waals surface area contributed by atoms with Crippen molar-refractivity contribution in [3.63, 3.8) is 0 Å². The van der Waals surface area contributed by atoms with Crippen LogP contribution in [0.15, 0.2) is 35.1 Å². The molecule has 3 nitrogen and oxygen atoms in total. The van der Waals surface area contributed by atoms with Gasteiger partial charge in [-0.2, -0.15) is 0 Å². The number of hydrogen-bond acceptors (Lipinski definition) is 2. The predicted octanol–water partition coefficient (Wildman–Crippen LogP) is 3.20. The van der Waals surface area contributed by atoms with E-state index in [1.165, 1.54) is 12.1 Å². The summed E-state index contributed by atoms with van der Waals surface area (Å²) < 4.78 is 13.9. The molecule has 0 saturated carbocycles. The van der Waals surface area contributed by atoms with Crippen molar-refractivity contribution in [2.45, 2.75) is 19.4 Å². The first-order valence-electron chi connectivity index (χ1n) is 5.87. The van der Waals surface area contributed by atoms with E-state index >= 15 is 0 Å². The van der Waals surface area contributed by atoms with Gasteiger partial charge in [-0.15, -0.1) is 0 Å². The van der Waals surface area contributed by atoms with Gasteiger partial charge in [-0.1, -0.05) is 28.9 Å². The van der Waals surface area contributed by atoms with Crippen LogP contribution < -0.4 is 5.32 Å². The van der Waals surface area contributed by atoms with Crippen LogP contribution >= 0.6 is 15.9 Å². The second kappa shape index (κ2) is 6.11. The molecule has 0 radical (unpaired) electrons. The predicted molar refractivity (Wildman–Crippen MR) is 72.8 cm³/mol. The smallest absolute Gasteiger partial charge is 0.124 e.